The first-order valence-electron chi connectivity index (χ1n) is 4.51. The number of hydrogen-bond donors (Lipinski definition) is 1. The predicted molar refractivity (Wildman–Crippen MR) is 54.6 cm³/mol. The average Bonchev–Trinajstić information content (AvgIpc) is 2.86. The number of fused-ring (bicyclic) bond motifs is 1. The van der Waals surface area contributed by atoms with E-state index in [0.717, 1.165) is 30.2 Å². The largest absolute Gasteiger partial charge is 0.322 e. The van der Waals surface area contributed by atoms with E-state index in [-0.39, 0.29) is 0 Å². The minimum absolute atomic E-state index is 0.753. The van der Waals surface area contributed by atoms with Gasteiger partial charge in [0.1, 0.15) is 0 Å². The summed E-state index contributed by atoms with van der Waals surface area (Å²) in [5.41, 5.74) is 1.71. The van der Waals surface area contributed by atoms with Gasteiger partial charge in [-0.1, -0.05) is 0 Å². The highest BCUT2D eigenvalue weighted by Gasteiger charge is 2.12. The molecule has 0 amide bonds. The van der Waals surface area contributed by atoms with E-state index in [1.165, 1.54) is 0 Å². The molecule has 0 atom stereocenters. The molecule has 5 heteroatoms. The van der Waals surface area contributed by atoms with Crippen LogP contribution in [0.2, 0.25) is 0 Å². The fraction of sp³-hybridized carbons (Fsp3) is 0.222. The highest BCUT2D eigenvalue weighted by Crippen LogP contribution is 2.14. The first-order chi connectivity index (χ1) is 6.93. The Bertz CT molecular complexity index is 454. The smallest absolute Gasteiger partial charge is 0.210 e. The fourth-order valence-electron chi connectivity index (χ4n) is 1.51. The van der Waals surface area contributed by atoms with E-state index in [1.54, 1.807) is 12.5 Å². The van der Waals surface area contributed by atoms with E-state index in [1.807, 2.05) is 17.0 Å². The number of hydrogen-bond acceptors (Lipinski definition) is 4. The first kappa shape index (κ1) is 7.49. The molecule has 1 N–H and O–H groups in total. The first-order valence-corrected chi connectivity index (χ1v) is 4.51. The van der Waals surface area contributed by atoms with Gasteiger partial charge in [0.05, 0.1) is 18.4 Å². The number of nitrogens with zero attached hydrogens (tertiary/aromatic N) is 4. The molecule has 0 spiro atoms. The molecule has 5 nitrogen and oxygen atoms in total. The Morgan fingerprint density at radius 1 is 1.43 bits per heavy atom. The number of imidazole rings is 1. The number of aliphatic imine (C=N–C) groups is 1. The summed E-state index contributed by atoms with van der Waals surface area (Å²) < 4.78 is 0. The predicted octanol–water partition coefficient (Wildman–Crippen LogP) is 0.806. The maximum Gasteiger partial charge on any atom is 0.210 e. The molecular formula is C9H9N5. The van der Waals surface area contributed by atoms with Crippen molar-refractivity contribution in [3.8, 4) is 0 Å². The normalized spacial score (nSPS) is 15.6. The number of aromatic amines is 1. The second kappa shape index (κ2) is 2.80. The highest BCUT2D eigenvalue weighted by atomic mass is 15.3. The Hall–Kier alpha value is -1.91. The van der Waals surface area contributed by atoms with Crippen LogP contribution >= 0.6 is 0 Å². The number of pyridine rings is 1. The monoisotopic (exact) mass is 187 g/mol. The average molecular weight is 187 g/mol. The third-order valence-electron chi connectivity index (χ3n) is 2.21. The van der Waals surface area contributed by atoms with Crippen LogP contribution in [0, 0.1) is 0 Å². The van der Waals surface area contributed by atoms with Gasteiger partial charge in [-0.2, -0.15) is 4.98 Å². The van der Waals surface area contributed by atoms with E-state index in [9.17, 15) is 0 Å². The van der Waals surface area contributed by atoms with Crippen LogP contribution in [-0.2, 0) is 0 Å². The van der Waals surface area contributed by atoms with E-state index in [2.05, 4.69) is 19.9 Å². The summed E-state index contributed by atoms with van der Waals surface area (Å²) in [7, 11) is 0. The molecule has 2 aromatic rings. The van der Waals surface area contributed by atoms with Crippen molar-refractivity contribution in [1.29, 1.82) is 0 Å². The van der Waals surface area contributed by atoms with Crippen molar-refractivity contribution in [3.05, 3.63) is 18.3 Å². The molecule has 0 unspecified atom stereocenters. The second-order valence-corrected chi connectivity index (χ2v) is 3.15. The number of H-pyrrole nitrogens is 1. The van der Waals surface area contributed by atoms with Crippen molar-refractivity contribution in [3.63, 3.8) is 0 Å². The third-order valence-corrected chi connectivity index (χ3v) is 2.21. The van der Waals surface area contributed by atoms with Crippen LogP contribution in [0.4, 0.5) is 5.95 Å². The standard InChI is InChI=1S/C9H9N5/c1-2-7-8(11-3-1)13-9(12-7)14-5-4-10-6-14/h1-3,6H,4-5H2,(H,11,12,13). The van der Waals surface area contributed by atoms with Gasteiger partial charge < -0.3 is 9.88 Å². The molecule has 2 aromatic heterocycles. The van der Waals surface area contributed by atoms with Gasteiger partial charge in [0, 0.05) is 12.7 Å². The minimum atomic E-state index is 0.753. The summed E-state index contributed by atoms with van der Waals surface area (Å²) in [6.45, 7) is 1.73. The molecule has 3 heterocycles. The lowest BCUT2D eigenvalue weighted by Gasteiger charge is -2.07. The summed E-state index contributed by atoms with van der Waals surface area (Å²) in [6.07, 6.45) is 3.54. The quantitative estimate of drug-likeness (QED) is 0.718. The van der Waals surface area contributed by atoms with Crippen LogP contribution in [0.5, 0.6) is 0 Å². The van der Waals surface area contributed by atoms with E-state index in [4.69, 9.17) is 0 Å². The van der Waals surface area contributed by atoms with Gasteiger partial charge in [-0.25, -0.2) is 4.98 Å². The highest BCUT2D eigenvalue weighted by molar-refractivity contribution is 5.82. The molecule has 1 aliphatic heterocycles. The van der Waals surface area contributed by atoms with Gasteiger partial charge in [0.2, 0.25) is 5.95 Å². The Labute approximate surface area is 80.5 Å². The lowest BCUT2D eigenvalue weighted by atomic mass is 10.4. The zero-order valence-electron chi connectivity index (χ0n) is 7.51. The van der Waals surface area contributed by atoms with E-state index >= 15 is 0 Å². The number of nitrogens with one attached hydrogen (secondary N) is 1. The molecule has 1 aliphatic rings. The van der Waals surface area contributed by atoms with Crippen molar-refractivity contribution in [2.75, 3.05) is 18.0 Å². The Morgan fingerprint density at radius 3 is 3.21 bits per heavy atom. The molecule has 0 saturated heterocycles. The van der Waals surface area contributed by atoms with Gasteiger partial charge in [-0.05, 0) is 12.1 Å². The zero-order chi connectivity index (χ0) is 9.38. The summed E-state index contributed by atoms with van der Waals surface area (Å²) in [6, 6.07) is 3.86. The molecule has 3 rings (SSSR count). The van der Waals surface area contributed by atoms with Crippen molar-refractivity contribution in [1.82, 2.24) is 15.0 Å². The van der Waals surface area contributed by atoms with Crippen molar-refractivity contribution >= 4 is 23.5 Å². The zero-order valence-corrected chi connectivity index (χ0v) is 7.51. The molecule has 0 fully saturated rings. The Balaban J connectivity index is 2.09. The van der Waals surface area contributed by atoms with Gasteiger partial charge in [-0.15, -0.1) is 0 Å². The molecule has 0 aromatic carbocycles. The van der Waals surface area contributed by atoms with Gasteiger partial charge >= 0.3 is 0 Å². The van der Waals surface area contributed by atoms with Crippen LogP contribution in [0.1, 0.15) is 0 Å². The van der Waals surface area contributed by atoms with Gasteiger partial charge in [0.25, 0.3) is 0 Å². The summed E-state index contributed by atoms with van der Waals surface area (Å²) in [5.74, 6) is 0.819. The topological polar surface area (TPSA) is 57.2 Å². The van der Waals surface area contributed by atoms with Crippen LogP contribution in [0.15, 0.2) is 23.3 Å². The maximum atomic E-state index is 4.36. The van der Waals surface area contributed by atoms with Crippen molar-refractivity contribution in [2.24, 2.45) is 4.99 Å². The summed E-state index contributed by atoms with van der Waals surface area (Å²) >= 11 is 0. The number of anilines is 1. The molecule has 0 aliphatic carbocycles. The number of aromatic nitrogens is 3. The summed E-state index contributed by atoms with van der Waals surface area (Å²) in [4.78, 5) is 17.8. The third kappa shape index (κ3) is 1.06. The van der Waals surface area contributed by atoms with Gasteiger partial charge in [-0.3, -0.25) is 4.99 Å². The molecule has 0 bridgehead atoms. The molecular weight excluding hydrogens is 178 g/mol. The lowest BCUT2D eigenvalue weighted by Crippen LogP contribution is -2.19. The van der Waals surface area contributed by atoms with Crippen LogP contribution in [0.3, 0.4) is 0 Å². The Morgan fingerprint density at radius 2 is 2.43 bits per heavy atom. The van der Waals surface area contributed by atoms with Crippen LogP contribution < -0.4 is 4.90 Å². The van der Waals surface area contributed by atoms with Gasteiger partial charge in [0.15, 0.2) is 5.65 Å². The molecule has 14 heavy (non-hydrogen) atoms. The SMILES string of the molecule is C1=NCCN1c1nc2ncccc2[nH]1. The second-order valence-electron chi connectivity index (χ2n) is 3.15. The van der Waals surface area contributed by atoms with E-state index < -0.39 is 0 Å². The van der Waals surface area contributed by atoms with E-state index in [0.29, 0.717) is 0 Å². The summed E-state index contributed by atoms with van der Waals surface area (Å²) in [5, 5.41) is 0. The maximum absolute atomic E-state index is 4.36. The van der Waals surface area contributed by atoms with Crippen molar-refractivity contribution in [2.45, 2.75) is 0 Å². The fourth-order valence-corrected chi connectivity index (χ4v) is 1.51. The van der Waals surface area contributed by atoms with Crippen LogP contribution in [-0.4, -0.2) is 34.4 Å². The van der Waals surface area contributed by atoms with Crippen molar-refractivity contribution < 1.29 is 0 Å². The Kier molecular flexibility index (Phi) is 1.50. The minimum Gasteiger partial charge on any atom is -0.322 e. The number of rotatable bonds is 1. The molecule has 0 saturated carbocycles. The lowest BCUT2D eigenvalue weighted by molar-refractivity contribution is 0.990. The van der Waals surface area contributed by atoms with Crippen LogP contribution in [0.25, 0.3) is 11.2 Å². The molecule has 0 radical (unpaired) electrons. The molecule has 70 valence electrons.